The van der Waals surface area contributed by atoms with E-state index in [0.29, 0.717) is 11.7 Å². The van der Waals surface area contributed by atoms with Crippen LogP contribution in [0.5, 0.6) is 5.75 Å². The minimum atomic E-state index is -0.0340. The molecule has 4 rings (SSSR count). The molecule has 144 valence electrons. The first-order valence-electron chi connectivity index (χ1n) is 9.46. The molecule has 5 nitrogen and oxygen atoms in total. The Labute approximate surface area is 171 Å². The summed E-state index contributed by atoms with van der Waals surface area (Å²) in [5.41, 5.74) is 4.40. The number of pyridine rings is 1. The fourth-order valence-corrected chi connectivity index (χ4v) is 4.08. The van der Waals surface area contributed by atoms with Gasteiger partial charge < -0.3 is 19.5 Å². The van der Waals surface area contributed by atoms with Crippen molar-refractivity contribution < 1.29 is 4.74 Å². The topological polar surface area (TPSA) is 42.3 Å². The van der Waals surface area contributed by atoms with Gasteiger partial charge in [-0.1, -0.05) is 6.07 Å². The lowest BCUT2D eigenvalue weighted by atomic mass is 10.0. The van der Waals surface area contributed by atoms with Crippen molar-refractivity contribution in [2.45, 2.75) is 25.9 Å². The van der Waals surface area contributed by atoms with Gasteiger partial charge in [0.25, 0.3) is 0 Å². The highest BCUT2D eigenvalue weighted by molar-refractivity contribution is 7.80. The van der Waals surface area contributed by atoms with E-state index in [1.165, 1.54) is 11.4 Å². The average molecular weight is 393 g/mol. The van der Waals surface area contributed by atoms with Gasteiger partial charge >= 0.3 is 0 Å². The first-order chi connectivity index (χ1) is 13.6. The minimum absolute atomic E-state index is 0.000886. The summed E-state index contributed by atoms with van der Waals surface area (Å²) >= 11 is 5.76. The van der Waals surface area contributed by atoms with Crippen molar-refractivity contribution in [3.63, 3.8) is 0 Å². The summed E-state index contributed by atoms with van der Waals surface area (Å²) in [6.45, 7) is 4.75. The van der Waals surface area contributed by atoms with Gasteiger partial charge in [0.1, 0.15) is 11.8 Å². The van der Waals surface area contributed by atoms with E-state index in [0.717, 1.165) is 17.1 Å². The van der Waals surface area contributed by atoms with E-state index in [9.17, 15) is 0 Å². The number of hydrogen-bond acceptors (Lipinski definition) is 3. The average Bonchev–Trinajstić information content (AvgIpc) is 3.23. The van der Waals surface area contributed by atoms with Gasteiger partial charge in [-0.05, 0) is 74.6 Å². The van der Waals surface area contributed by atoms with E-state index in [4.69, 9.17) is 17.0 Å². The van der Waals surface area contributed by atoms with Crippen LogP contribution in [0.4, 0.5) is 5.69 Å². The highest BCUT2D eigenvalue weighted by Crippen LogP contribution is 2.42. The zero-order valence-corrected chi connectivity index (χ0v) is 17.1. The second kappa shape index (κ2) is 7.64. The number of aryl methyl sites for hydroxylation is 1. The van der Waals surface area contributed by atoms with Crippen LogP contribution in [-0.2, 0) is 7.05 Å². The Morgan fingerprint density at radius 1 is 1.11 bits per heavy atom. The third-order valence-electron chi connectivity index (χ3n) is 5.24. The minimum Gasteiger partial charge on any atom is -0.494 e. The van der Waals surface area contributed by atoms with Crippen LogP contribution >= 0.6 is 12.2 Å². The molecule has 0 amide bonds. The van der Waals surface area contributed by atoms with Crippen LogP contribution in [0.2, 0.25) is 0 Å². The van der Waals surface area contributed by atoms with Gasteiger partial charge in [-0.3, -0.25) is 4.98 Å². The van der Waals surface area contributed by atoms with E-state index in [2.05, 4.69) is 58.0 Å². The molecule has 1 aromatic carbocycles. The lowest BCUT2D eigenvalue weighted by Crippen LogP contribution is -2.30. The fourth-order valence-electron chi connectivity index (χ4n) is 3.73. The first-order valence-corrected chi connectivity index (χ1v) is 9.86. The molecule has 1 aliphatic heterocycles. The van der Waals surface area contributed by atoms with E-state index >= 15 is 0 Å². The molecule has 28 heavy (non-hydrogen) atoms. The van der Waals surface area contributed by atoms with Crippen molar-refractivity contribution in [2.24, 2.45) is 7.05 Å². The molecular weight excluding hydrogens is 368 g/mol. The Morgan fingerprint density at radius 3 is 2.50 bits per heavy atom. The Bertz CT molecular complexity index is 968. The molecule has 3 heterocycles. The highest BCUT2D eigenvalue weighted by Gasteiger charge is 2.41. The largest absolute Gasteiger partial charge is 0.494 e. The maximum atomic E-state index is 5.76. The number of nitrogens with zero attached hydrogens (tertiary/aromatic N) is 3. The smallest absolute Gasteiger partial charge is 0.174 e. The first kappa shape index (κ1) is 18.5. The summed E-state index contributed by atoms with van der Waals surface area (Å²) in [6.07, 6.45) is 1.83. The Hall–Kier alpha value is -2.86. The van der Waals surface area contributed by atoms with Crippen LogP contribution in [0.15, 0.2) is 60.8 Å². The maximum Gasteiger partial charge on any atom is 0.174 e. The van der Waals surface area contributed by atoms with Crippen molar-refractivity contribution >= 4 is 23.0 Å². The van der Waals surface area contributed by atoms with Crippen molar-refractivity contribution in [3.8, 4) is 5.75 Å². The van der Waals surface area contributed by atoms with Gasteiger partial charge in [0.2, 0.25) is 0 Å². The van der Waals surface area contributed by atoms with Crippen LogP contribution in [0.25, 0.3) is 0 Å². The predicted octanol–water partition coefficient (Wildman–Crippen LogP) is 4.30. The SMILES string of the molecule is CCOc1ccc(N2C(=S)N[C@@H](c3ccccn3)[C@@H]2c2ccc(C)n2C)cc1. The summed E-state index contributed by atoms with van der Waals surface area (Å²) in [4.78, 5) is 6.78. The lowest BCUT2D eigenvalue weighted by molar-refractivity contribution is 0.340. The summed E-state index contributed by atoms with van der Waals surface area (Å²) in [7, 11) is 2.10. The zero-order chi connectivity index (χ0) is 19.7. The molecule has 1 fully saturated rings. The molecule has 6 heteroatoms. The van der Waals surface area contributed by atoms with E-state index in [-0.39, 0.29) is 12.1 Å². The van der Waals surface area contributed by atoms with Gasteiger partial charge in [-0.2, -0.15) is 0 Å². The van der Waals surface area contributed by atoms with E-state index in [1.54, 1.807) is 0 Å². The van der Waals surface area contributed by atoms with Crippen molar-refractivity contribution in [1.29, 1.82) is 0 Å². The summed E-state index contributed by atoms with van der Waals surface area (Å²) in [5.74, 6) is 0.858. The summed E-state index contributed by atoms with van der Waals surface area (Å²) in [6, 6.07) is 18.4. The number of thiocarbonyl (C=S) groups is 1. The van der Waals surface area contributed by atoms with Crippen molar-refractivity contribution in [2.75, 3.05) is 11.5 Å². The molecule has 2 aromatic heterocycles. The zero-order valence-electron chi connectivity index (χ0n) is 16.3. The van der Waals surface area contributed by atoms with Gasteiger partial charge in [0.05, 0.1) is 18.3 Å². The van der Waals surface area contributed by atoms with Crippen molar-refractivity contribution in [1.82, 2.24) is 14.9 Å². The van der Waals surface area contributed by atoms with Gasteiger partial charge in [-0.25, -0.2) is 0 Å². The second-order valence-corrected chi connectivity index (χ2v) is 7.27. The molecule has 3 aromatic rings. The Morgan fingerprint density at radius 2 is 1.89 bits per heavy atom. The molecule has 0 unspecified atom stereocenters. The van der Waals surface area contributed by atoms with E-state index < -0.39 is 0 Å². The lowest BCUT2D eigenvalue weighted by Gasteiger charge is -2.28. The predicted molar refractivity (Wildman–Crippen MR) is 116 cm³/mol. The molecule has 0 aliphatic carbocycles. The Balaban J connectivity index is 1.79. The molecule has 2 atom stereocenters. The second-order valence-electron chi connectivity index (χ2n) is 6.88. The van der Waals surface area contributed by atoms with E-state index in [1.807, 2.05) is 43.5 Å². The molecule has 1 N–H and O–H groups in total. The normalized spacial score (nSPS) is 19.0. The summed E-state index contributed by atoms with van der Waals surface area (Å²) in [5, 5.41) is 4.19. The van der Waals surface area contributed by atoms with Gasteiger partial charge in [0, 0.05) is 30.3 Å². The van der Waals surface area contributed by atoms with Gasteiger partial charge in [0.15, 0.2) is 5.11 Å². The number of anilines is 1. The Kier molecular flexibility index (Phi) is 5.05. The molecular formula is C22H24N4OS. The molecule has 0 spiro atoms. The van der Waals surface area contributed by atoms with Crippen LogP contribution < -0.4 is 15.0 Å². The van der Waals surface area contributed by atoms with Crippen LogP contribution in [0.3, 0.4) is 0 Å². The quantitative estimate of drug-likeness (QED) is 0.656. The van der Waals surface area contributed by atoms with Crippen LogP contribution in [-0.4, -0.2) is 21.3 Å². The maximum absolute atomic E-state index is 5.76. The highest BCUT2D eigenvalue weighted by atomic mass is 32.1. The number of aromatic nitrogens is 2. The molecule has 1 saturated heterocycles. The molecule has 0 bridgehead atoms. The molecule has 0 radical (unpaired) electrons. The van der Waals surface area contributed by atoms with Gasteiger partial charge in [-0.15, -0.1) is 0 Å². The van der Waals surface area contributed by atoms with Crippen LogP contribution in [0.1, 0.15) is 36.1 Å². The summed E-state index contributed by atoms with van der Waals surface area (Å²) < 4.78 is 7.81. The third kappa shape index (κ3) is 3.24. The number of benzene rings is 1. The molecule has 1 aliphatic rings. The third-order valence-corrected chi connectivity index (χ3v) is 5.55. The van der Waals surface area contributed by atoms with Crippen LogP contribution in [0, 0.1) is 6.92 Å². The monoisotopic (exact) mass is 392 g/mol. The molecule has 0 saturated carbocycles. The number of rotatable bonds is 5. The van der Waals surface area contributed by atoms with Crippen molar-refractivity contribution in [3.05, 3.63) is 77.9 Å². The standard InChI is InChI=1S/C22H24N4OS/c1-4-27-17-11-9-16(10-12-17)26-21(19-13-8-15(2)25(19)3)20(24-22(26)28)18-7-5-6-14-23-18/h5-14,20-21H,4H2,1-3H3,(H,24,28)/t20-,21-/m0/s1. The number of hydrogen-bond donors (Lipinski definition) is 1. The fraction of sp³-hybridized carbons (Fsp3) is 0.273. The number of ether oxygens (including phenoxy) is 1. The number of nitrogens with one attached hydrogen (secondary N) is 1.